The predicted octanol–water partition coefficient (Wildman–Crippen LogP) is 11.8. The number of pyridine rings is 2. The number of carbonyl (C=O) groups is 6. The SMILES string of the molecule is COc1ccnc(NC(=O)c2ccc(-c3nc([C@@H]4CCCCN4C(=O)OC(C)(C)C)[nH]c3C(C)=O)cc2)c1.COc1ccnc(NC(=O)c2ccc(-c3nc([C@@H]4CCCCN4C(=O)OC(C)(C)C)n(N)c3C(C)=O)cc2)c1.NOP(=O)(c1ccccc1)c1ccccc1. The molecular formula is C68H79N12O12P. The Morgan fingerprint density at radius 2 is 1.02 bits per heavy atom. The molecule has 4 aromatic carbocycles. The quantitative estimate of drug-likeness (QED) is 0.0275. The number of ketones is 2. The first-order valence-electron chi connectivity index (χ1n) is 30.2. The van der Waals surface area contributed by atoms with Crippen molar-refractivity contribution in [2.45, 2.75) is 117 Å². The number of nitrogens with zero attached hydrogens (tertiary/aromatic N) is 7. The molecule has 93 heavy (non-hydrogen) atoms. The van der Waals surface area contributed by atoms with E-state index in [4.69, 9.17) is 45.3 Å². The third-order valence-corrected chi connectivity index (χ3v) is 17.1. The summed E-state index contributed by atoms with van der Waals surface area (Å²) in [5.74, 6) is 13.3. The number of methoxy groups -OCH3 is 2. The minimum atomic E-state index is -3.13. The van der Waals surface area contributed by atoms with Gasteiger partial charge in [0.05, 0.1) is 32.0 Å². The number of nitrogens with two attached hydrogens (primary N) is 2. The van der Waals surface area contributed by atoms with Gasteiger partial charge in [-0.05, 0) is 141 Å². The molecule has 8 aromatic rings. The lowest BCUT2D eigenvalue weighted by molar-refractivity contribution is 0.00739. The molecule has 2 fully saturated rings. The number of carbonyl (C=O) groups excluding carboxylic acids is 6. The molecule has 10 rings (SSSR count). The molecule has 488 valence electrons. The summed E-state index contributed by atoms with van der Waals surface area (Å²) in [7, 11) is -0.0527. The van der Waals surface area contributed by atoms with E-state index in [2.05, 4.69) is 25.6 Å². The van der Waals surface area contributed by atoms with Crippen LogP contribution in [0.25, 0.3) is 22.5 Å². The van der Waals surface area contributed by atoms with Gasteiger partial charge in [0, 0.05) is 84.3 Å². The second-order valence-electron chi connectivity index (χ2n) is 23.9. The maximum Gasteiger partial charge on any atom is 0.410 e. The molecule has 7 N–H and O–H groups in total. The van der Waals surface area contributed by atoms with E-state index in [1.807, 2.05) is 77.9 Å². The van der Waals surface area contributed by atoms with Gasteiger partial charge >= 0.3 is 12.2 Å². The van der Waals surface area contributed by atoms with Crippen LogP contribution in [0.5, 0.6) is 11.5 Å². The number of amides is 4. The van der Waals surface area contributed by atoms with Gasteiger partial charge < -0.3 is 40.4 Å². The van der Waals surface area contributed by atoms with Crippen molar-refractivity contribution >= 4 is 65.2 Å². The van der Waals surface area contributed by atoms with Gasteiger partial charge in [-0.3, -0.25) is 33.5 Å². The van der Waals surface area contributed by atoms with E-state index in [1.54, 1.807) is 120 Å². The van der Waals surface area contributed by atoms with Crippen LogP contribution < -0.4 is 42.5 Å². The first-order valence-corrected chi connectivity index (χ1v) is 31.9. The van der Waals surface area contributed by atoms with Gasteiger partial charge in [0.15, 0.2) is 17.4 Å². The Balaban J connectivity index is 0.000000194. The lowest BCUT2D eigenvalue weighted by atomic mass is 10.0. The molecule has 4 aromatic heterocycles. The fourth-order valence-corrected chi connectivity index (χ4v) is 12.1. The molecule has 2 aliphatic rings. The first kappa shape index (κ1) is 68.9. The van der Waals surface area contributed by atoms with Crippen LogP contribution >= 0.6 is 7.37 Å². The molecule has 2 saturated heterocycles. The number of ether oxygens (including phenoxy) is 4. The van der Waals surface area contributed by atoms with Gasteiger partial charge in [-0.15, -0.1) is 0 Å². The number of imidazole rings is 2. The van der Waals surface area contributed by atoms with Gasteiger partial charge in [0.1, 0.15) is 57.2 Å². The molecule has 0 saturated carbocycles. The number of Topliss-reactive ketones (excluding diaryl/α,β-unsaturated/α-hetero) is 2. The molecular weight excluding hydrogens is 1210 g/mol. The van der Waals surface area contributed by atoms with E-state index < -0.39 is 36.8 Å². The summed E-state index contributed by atoms with van der Waals surface area (Å²) >= 11 is 0. The van der Waals surface area contributed by atoms with Crippen molar-refractivity contribution in [2.24, 2.45) is 5.90 Å². The number of piperidine rings is 2. The van der Waals surface area contributed by atoms with Crippen molar-refractivity contribution in [1.82, 2.24) is 39.4 Å². The number of nitrogen functional groups attached to an aromatic ring is 1. The number of benzene rings is 4. The molecule has 0 spiro atoms. The predicted molar refractivity (Wildman–Crippen MR) is 353 cm³/mol. The van der Waals surface area contributed by atoms with Crippen LogP contribution in [-0.2, 0) is 18.7 Å². The van der Waals surface area contributed by atoms with Crippen molar-refractivity contribution < 1.29 is 56.9 Å². The number of anilines is 2. The highest BCUT2D eigenvalue weighted by molar-refractivity contribution is 7.74. The average Bonchev–Trinajstić information content (AvgIpc) is 1.65. The summed E-state index contributed by atoms with van der Waals surface area (Å²) in [6.07, 6.45) is 7.12. The Morgan fingerprint density at radius 3 is 1.44 bits per heavy atom. The molecule has 0 bridgehead atoms. The minimum absolute atomic E-state index is 0.177. The smallest absolute Gasteiger partial charge is 0.410 e. The number of likely N-dealkylation sites (tertiary alicyclic amines) is 2. The molecule has 25 heteroatoms. The van der Waals surface area contributed by atoms with Gasteiger partial charge in [0.25, 0.3) is 19.2 Å². The zero-order valence-electron chi connectivity index (χ0n) is 53.8. The molecule has 0 radical (unpaired) electrons. The Bertz CT molecular complexity index is 3940. The normalized spacial score (nSPS) is 14.8. The summed E-state index contributed by atoms with van der Waals surface area (Å²) in [5, 5.41) is 6.68. The van der Waals surface area contributed by atoms with E-state index in [-0.39, 0.29) is 35.1 Å². The van der Waals surface area contributed by atoms with E-state index in [1.165, 1.54) is 31.8 Å². The molecule has 2 aliphatic heterocycles. The zero-order valence-corrected chi connectivity index (χ0v) is 54.7. The van der Waals surface area contributed by atoms with E-state index in [9.17, 15) is 33.3 Å². The van der Waals surface area contributed by atoms with Crippen molar-refractivity contribution in [1.29, 1.82) is 0 Å². The van der Waals surface area contributed by atoms with E-state index >= 15 is 0 Å². The minimum Gasteiger partial charge on any atom is -0.497 e. The fraction of sp³-hybridized carbons (Fsp3) is 0.324. The van der Waals surface area contributed by atoms with Gasteiger partial charge in [0.2, 0.25) is 0 Å². The van der Waals surface area contributed by atoms with Gasteiger partial charge in [-0.1, -0.05) is 60.7 Å². The van der Waals surface area contributed by atoms with Gasteiger partial charge in [-0.25, -0.2) is 44.7 Å². The first-order chi connectivity index (χ1) is 44.3. The lowest BCUT2D eigenvalue weighted by Gasteiger charge is -2.36. The Hall–Kier alpha value is -10.0. The van der Waals surface area contributed by atoms with Gasteiger partial charge in [-0.2, -0.15) is 0 Å². The molecule has 24 nitrogen and oxygen atoms in total. The topological polar surface area (TPSA) is 320 Å². The van der Waals surface area contributed by atoms with Crippen LogP contribution in [0.15, 0.2) is 146 Å². The number of hydrogen-bond acceptors (Lipinski definition) is 18. The summed E-state index contributed by atoms with van der Waals surface area (Å²) in [5.41, 5.74) is 2.27. The van der Waals surface area contributed by atoms with Crippen LogP contribution in [0.2, 0.25) is 0 Å². The van der Waals surface area contributed by atoms with Crippen molar-refractivity contribution in [2.75, 3.05) is 43.8 Å². The molecule has 4 amide bonds. The van der Waals surface area contributed by atoms with Crippen LogP contribution in [0.4, 0.5) is 21.2 Å². The summed E-state index contributed by atoms with van der Waals surface area (Å²) in [6.45, 7) is 14.9. The average molecular weight is 1290 g/mol. The third-order valence-electron chi connectivity index (χ3n) is 14.8. The summed E-state index contributed by atoms with van der Waals surface area (Å²) < 4.78 is 40.3. The Kier molecular flexibility index (Phi) is 22.5. The highest BCUT2D eigenvalue weighted by atomic mass is 31.2. The number of H-pyrrole nitrogens is 1. The highest BCUT2D eigenvalue weighted by Crippen LogP contribution is 2.42. The number of hydrogen-bond donors (Lipinski definition) is 5. The highest BCUT2D eigenvalue weighted by Gasteiger charge is 2.37. The molecule has 2 atom stereocenters. The van der Waals surface area contributed by atoms with Crippen LogP contribution in [-0.4, -0.2) is 113 Å². The van der Waals surface area contributed by atoms with Crippen LogP contribution in [0, 0.1) is 0 Å². The number of rotatable bonds is 15. The maximum absolute atomic E-state index is 13.0. The molecule has 0 unspecified atom stereocenters. The van der Waals surface area contributed by atoms with Crippen molar-refractivity contribution in [3.63, 3.8) is 0 Å². The Morgan fingerprint density at radius 1 is 0.581 bits per heavy atom. The number of aromatic nitrogens is 6. The summed E-state index contributed by atoms with van der Waals surface area (Å²) in [6, 6.07) is 37.3. The largest absolute Gasteiger partial charge is 0.497 e. The van der Waals surface area contributed by atoms with Crippen molar-refractivity contribution in [3.8, 4) is 34.0 Å². The van der Waals surface area contributed by atoms with Crippen LogP contribution in [0.1, 0.15) is 159 Å². The zero-order chi connectivity index (χ0) is 67.2. The third kappa shape index (κ3) is 17.5. The lowest BCUT2D eigenvalue weighted by Crippen LogP contribution is -2.43. The Labute approximate surface area is 540 Å². The van der Waals surface area contributed by atoms with Crippen LogP contribution in [0.3, 0.4) is 0 Å². The van der Waals surface area contributed by atoms with E-state index in [0.717, 1.165) is 25.7 Å². The second kappa shape index (κ2) is 30.4. The number of nitrogens with one attached hydrogen (secondary N) is 3. The molecule has 0 aliphatic carbocycles. The standard InChI is InChI=1S/C28H34N6O5.C28H33N5O5.C12H12NO2P/c1-17(35)24-23(18-9-11-19(12-10-18)26(36)31-22-16-20(38-5)13-14-30-22)32-25(34(24)29)21-8-6-7-15-33(21)27(37)39-28(2,3)4;1-17(34)23-24(32-25(31-23)21-8-6-7-15-33(21)27(36)38-28(2,3)4)18-9-11-19(12-10-18)26(35)30-22-16-20(37-5)13-14-29-22;13-15-16(14,11-7-3-1-4-8-11)12-9-5-2-6-10-12/h9-14,16,21H,6-8,15,29H2,1-5H3,(H,30,31,36);9-14,16,21H,6-8,15H2,1-5H3,(H,31,32)(H,29,30,35);1-10H,13H2/t2*21-;/m00./s1. The second-order valence-corrected chi connectivity index (χ2v) is 26.3. The van der Waals surface area contributed by atoms with Crippen molar-refractivity contribution in [3.05, 3.63) is 180 Å². The monoisotopic (exact) mass is 1290 g/mol. The summed E-state index contributed by atoms with van der Waals surface area (Å²) in [4.78, 5) is 101. The fourth-order valence-electron chi connectivity index (χ4n) is 10.4. The molecule has 6 heterocycles. The van der Waals surface area contributed by atoms with E-state index in [0.29, 0.717) is 111 Å². The maximum atomic E-state index is 13.0. The number of aromatic amines is 1.